The van der Waals surface area contributed by atoms with Gasteiger partial charge in [-0.2, -0.15) is 0 Å². The van der Waals surface area contributed by atoms with Crippen LogP contribution in [0.5, 0.6) is 5.75 Å². The van der Waals surface area contributed by atoms with Crippen LogP contribution in [-0.2, 0) is 4.79 Å². The molecule has 0 aromatic heterocycles. The monoisotopic (exact) mass is 302 g/mol. The molecule has 22 heavy (non-hydrogen) atoms. The molecule has 0 bridgehead atoms. The molecule has 2 saturated heterocycles. The van der Waals surface area contributed by atoms with Gasteiger partial charge < -0.3 is 15.0 Å². The van der Waals surface area contributed by atoms with Crippen molar-refractivity contribution in [3.8, 4) is 5.75 Å². The Balaban J connectivity index is 1.74. The first-order chi connectivity index (χ1) is 10.7. The SMILES string of the molecule is COc1ccccc1C(=O)N1CCC2CC(=O)NCCC2C1. The van der Waals surface area contributed by atoms with E-state index in [0.717, 1.165) is 25.9 Å². The van der Waals surface area contributed by atoms with Gasteiger partial charge in [0.15, 0.2) is 0 Å². The van der Waals surface area contributed by atoms with Gasteiger partial charge in [-0.3, -0.25) is 9.59 Å². The molecule has 1 aromatic rings. The standard InChI is InChI=1S/C17H22N2O3/c1-22-15-5-3-2-4-14(15)17(21)19-9-7-12-10-16(20)18-8-6-13(12)11-19/h2-5,12-13H,6-11H2,1H3,(H,18,20). The number of ether oxygens (including phenoxy) is 1. The normalized spacial score (nSPS) is 25.0. The van der Waals surface area contributed by atoms with Gasteiger partial charge in [0.1, 0.15) is 5.75 Å². The van der Waals surface area contributed by atoms with Gasteiger partial charge in [0.25, 0.3) is 5.91 Å². The molecule has 2 fully saturated rings. The van der Waals surface area contributed by atoms with Gasteiger partial charge in [0, 0.05) is 26.1 Å². The fourth-order valence-corrected chi connectivity index (χ4v) is 3.56. The molecule has 2 aliphatic heterocycles. The Morgan fingerprint density at radius 2 is 2.09 bits per heavy atom. The van der Waals surface area contributed by atoms with Crippen molar-refractivity contribution >= 4 is 11.8 Å². The first-order valence-electron chi connectivity index (χ1n) is 7.88. The van der Waals surface area contributed by atoms with E-state index < -0.39 is 0 Å². The highest BCUT2D eigenvalue weighted by Crippen LogP contribution is 2.32. The third-order valence-electron chi connectivity index (χ3n) is 4.80. The summed E-state index contributed by atoms with van der Waals surface area (Å²) in [6.45, 7) is 2.17. The third-order valence-corrected chi connectivity index (χ3v) is 4.80. The van der Waals surface area contributed by atoms with E-state index in [4.69, 9.17) is 4.74 Å². The number of amides is 2. The van der Waals surface area contributed by atoms with Crippen LogP contribution in [-0.4, -0.2) is 43.5 Å². The molecule has 1 N–H and O–H groups in total. The molecule has 2 amide bonds. The van der Waals surface area contributed by atoms with Crippen LogP contribution in [0.1, 0.15) is 29.6 Å². The number of hydrogen-bond acceptors (Lipinski definition) is 3. The Kier molecular flexibility index (Phi) is 4.32. The molecule has 2 unspecified atom stereocenters. The number of fused-ring (bicyclic) bond motifs is 1. The van der Waals surface area contributed by atoms with Crippen LogP contribution >= 0.6 is 0 Å². The average molecular weight is 302 g/mol. The molecule has 0 radical (unpaired) electrons. The Hall–Kier alpha value is -2.04. The summed E-state index contributed by atoms with van der Waals surface area (Å²) in [7, 11) is 1.58. The molecular formula is C17H22N2O3. The summed E-state index contributed by atoms with van der Waals surface area (Å²) in [6, 6.07) is 7.35. The summed E-state index contributed by atoms with van der Waals surface area (Å²) in [4.78, 5) is 26.3. The van der Waals surface area contributed by atoms with Crippen LogP contribution in [0.3, 0.4) is 0 Å². The molecule has 118 valence electrons. The van der Waals surface area contributed by atoms with E-state index in [1.54, 1.807) is 7.11 Å². The lowest BCUT2D eigenvalue weighted by atomic mass is 9.82. The zero-order valence-corrected chi connectivity index (χ0v) is 12.9. The Bertz CT molecular complexity index is 573. The number of para-hydroxylation sites is 1. The average Bonchev–Trinajstić information content (AvgIpc) is 2.74. The number of piperidine rings is 1. The van der Waals surface area contributed by atoms with E-state index >= 15 is 0 Å². The summed E-state index contributed by atoms with van der Waals surface area (Å²) in [6.07, 6.45) is 2.45. The maximum Gasteiger partial charge on any atom is 0.257 e. The molecule has 2 atom stereocenters. The largest absolute Gasteiger partial charge is 0.496 e. The van der Waals surface area contributed by atoms with Crippen molar-refractivity contribution < 1.29 is 14.3 Å². The highest BCUT2D eigenvalue weighted by Gasteiger charge is 2.34. The summed E-state index contributed by atoms with van der Waals surface area (Å²) < 4.78 is 5.30. The van der Waals surface area contributed by atoms with Crippen molar-refractivity contribution in [2.45, 2.75) is 19.3 Å². The Morgan fingerprint density at radius 3 is 2.91 bits per heavy atom. The summed E-state index contributed by atoms with van der Waals surface area (Å²) in [5, 5.41) is 2.93. The van der Waals surface area contributed by atoms with Crippen LogP contribution < -0.4 is 10.1 Å². The minimum atomic E-state index is 0.0273. The second-order valence-corrected chi connectivity index (χ2v) is 6.10. The first kappa shape index (κ1) is 14.9. The van der Waals surface area contributed by atoms with E-state index in [-0.39, 0.29) is 11.8 Å². The predicted octanol–water partition coefficient (Wildman–Crippen LogP) is 1.68. The number of carbonyl (C=O) groups excluding carboxylic acids is 2. The van der Waals surface area contributed by atoms with Crippen molar-refractivity contribution in [3.05, 3.63) is 29.8 Å². The van der Waals surface area contributed by atoms with E-state index in [1.807, 2.05) is 29.2 Å². The van der Waals surface area contributed by atoms with E-state index in [2.05, 4.69) is 5.32 Å². The molecule has 2 heterocycles. The maximum atomic E-state index is 12.8. The van der Waals surface area contributed by atoms with Crippen molar-refractivity contribution in [1.82, 2.24) is 10.2 Å². The quantitative estimate of drug-likeness (QED) is 0.904. The van der Waals surface area contributed by atoms with Crippen LogP contribution in [0, 0.1) is 11.8 Å². The first-order valence-corrected chi connectivity index (χ1v) is 7.88. The van der Waals surface area contributed by atoms with E-state index in [0.29, 0.717) is 36.1 Å². The van der Waals surface area contributed by atoms with Gasteiger partial charge in [0.2, 0.25) is 5.91 Å². The number of carbonyl (C=O) groups is 2. The summed E-state index contributed by atoms with van der Waals surface area (Å²) in [5.74, 6) is 1.61. The molecule has 2 aliphatic rings. The second kappa shape index (κ2) is 6.38. The number of methoxy groups -OCH3 is 1. The van der Waals surface area contributed by atoms with E-state index in [9.17, 15) is 9.59 Å². The lowest BCUT2D eigenvalue weighted by molar-refractivity contribution is -0.121. The zero-order valence-electron chi connectivity index (χ0n) is 12.9. The number of hydrogen-bond donors (Lipinski definition) is 1. The Labute approximate surface area is 130 Å². The number of nitrogens with one attached hydrogen (secondary N) is 1. The lowest BCUT2D eigenvalue weighted by Crippen LogP contribution is -2.44. The highest BCUT2D eigenvalue weighted by atomic mass is 16.5. The highest BCUT2D eigenvalue weighted by molar-refractivity contribution is 5.97. The van der Waals surface area contributed by atoms with Gasteiger partial charge >= 0.3 is 0 Å². The summed E-state index contributed by atoms with van der Waals surface area (Å²) >= 11 is 0. The lowest BCUT2D eigenvalue weighted by Gasteiger charge is -2.37. The topological polar surface area (TPSA) is 58.6 Å². The maximum absolute atomic E-state index is 12.8. The van der Waals surface area contributed by atoms with Crippen LogP contribution in [0.15, 0.2) is 24.3 Å². The summed E-state index contributed by atoms with van der Waals surface area (Å²) in [5.41, 5.74) is 0.617. The minimum absolute atomic E-state index is 0.0273. The van der Waals surface area contributed by atoms with Crippen molar-refractivity contribution in [2.24, 2.45) is 11.8 Å². The fraction of sp³-hybridized carbons (Fsp3) is 0.529. The molecule has 1 aromatic carbocycles. The number of benzene rings is 1. The second-order valence-electron chi connectivity index (χ2n) is 6.10. The molecule has 0 saturated carbocycles. The van der Waals surface area contributed by atoms with Crippen LogP contribution in [0.4, 0.5) is 0 Å². The van der Waals surface area contributed by atoms with Crippen LogP contribution in [0.2, 0.25) is 0 Å². The van der Waals surface area contributed by atoms with Crippen molar-refractivity contribution in [1.29, 1.82) is 0 Å². The molecule has 3 rings (SSSR count). The van der Waals surface area contributed by atoms with Gasteiger partial charge in [-0.1, -0.05) is 12.1 Å². The smallest absolute Gasteiger partial charge is 0.257 e. The van der Waals surface area contributed by atoms with Gasteiger partial charge in [-0.05, 0) is 36.8 Å². The van der Waals surface area contributed by atoms with Gasteiger partial charge in [-0.25, -0.2) is 0 Å². The van der Waals surface area contributed by atoms with E-state index in [1.165, 1.54) is 0 Å². The van der Waals surface area contributed by atoms with Gasteiger partial charge in [0.05, 0.1) is 12.7 Å². The van der Waals surface area contributed by atoms with Gasteiger partial charge in [-0.15, -0.1) is 0 Å². The predicted molar refractivity (Wildman–Crippen MR) is 82.7 cm³/mol. The fourth-order valence-electron chi connectivity index (χ4n) is 3.56. The van der Waals surface area contributed by atoms with Crippen molar-refractivity contribution in [3.63, 3.8) is 0 Å². The minimum Gasteiger partial charge on any atom is -0.496 e. The third kappa shape index (κ3) is 2.93. The number of nitrogens with zero attached hydrogens (tertiary/aromatic N) is 1. The number of rotatable bonds is 2. The number of likely N-dealkylation sites (tertiary alicyclic amines) is 1. The molecule has 0 aliphatic carbocycles. The van der Waals surface area contributed by atoms with Crippen LogP contribution in [0.25, 0.3) is 0 Å². The molecule has 5 heteroatoms. The molecule has 0 spiro atoms. The van der Waals surface area contributed by atoms with Crippen molar-refractivity contribution in [2.75, 3.05) is 26.7 Å². The molecule has 5 nitrogen and oxygen atoms in total. The zero-order chi connectivity index (χ0) is 15.5. The Morgan fingerprint density at radius 1 is 1.27 bits per heavy atom. The molecular weight excluding hydrogens is 280 g/mol.